The van der Waals surface area contributed by atoms with Crippen molar-refractivity contribution in [2.75, 3.05) is 5.32 Å². The Kier molecular flexibility index (Phi) is 2.13. The van der Waals surface area contributed by atoms with Crippen molar-refractivity contribution in [3.8, 4) is 0 Å². The molecule has 1 aromatic carbocycles. The third-order valence-corrected chi connectivity index (χ3v) is 3.30. The van der Waals surface area contributed by atoms with Crippen molar-refractivity contribution in [2.24, 2.45) is 5.41 Å². The predicted molar refractivity (Wildman–Crippen MR) is 64.0 cm³/mol. The van der Waals surface area contributed by atoms with Crippen molar-refractivity contribution >= 4 is 28.6 Å². The van der Waals surface area contributed by atoms with Crippen LogP contribution < -0.4 is 5.32 Å². The van der Waals surface area contributed by atoms with Crippen LogP contribution in [-0.2, 0) is 9.59 Å². The third kappa shape index (κ3) is 1.46. The first-order chi connectivity index (χ1) is 8.63. The number of amides is 1. The highest BCUT2D eigenvalue weighted by molar-refractivity contribution is 6.12. The number of aromatic amines is 1. The molecule has 0 spiro atoms. The maximum absolute atomic E-state index is 11.9. The van der Waals surface area contributed by atoms with E-state index in [0.717, 1.165) is 10.9 Å². The Hall–Kier alpha value is -2.37. The standard InChI is InChI=1S/C12H11N3O3/c16-10(12(5-6-12)11(17)18)13-9-7-3-1-2-4-8(7)14-15-9/h1-4H,5-6H2,(H,17,18)(H2,13,14,15,16). The second-order valence-electron chi connectivity index (χ2n) is 4.46. The third-order valence-electron chi connectivity index (χ3n) is 3.30. The summed E-state index contributed by atoms with van der Waals surface area (Å²) in [6.07, 6.45) is 0.771. The molecule has 0 aliphatic heterocycles. The van der Waals surface area contributed by atoms with E-state index in [0.29, 0.717) is 18.7 Å². The van der Waals surface area contributed by atoms with Gasteiger partial charge in [0, 0.05) is 5.39 Å². The zero-order valence-electron chi connectivity index (χ0n) is 9.43. The molecule has 6 nitrogen and oxygen atoms in total. The number of hydrogen-bond donors (Lipinski definition) is 3. The molecule has 1 aromatic heterocycles. The number of aromatic nitrogens is 2. The van der Waals surface area contributed by atoms with Gasteiger partial charge in [-0.3, -0.25) is 14.7 Å². The fraction of sp³-hybridized carbons (Fsp3) is 0.250. The number of nitrogens with one attached hydrogen (secondary N) is 2. The molecule has 1 aliphatic carbocycles. The zero-order chi connectivity index (χ0) is 12.8. The van der Waals surface area contributed by atoms with Crippen LogP contribution in [-0.4, -0.2) is 27.2 Å². The van der Waals surface area contributed by atoms with Gasteiger partial charge in [0.15, 0.2) is 5.82 Å². The summed E-state index contributed by atoms with van der Waals surface area (Å²) in [6, 6.07) is 7.33. The van der Waals surface area contributed by atoms with E-state index in [1.165, 1.54) is 0 Å². The Morgan fingerprint density at radius 2 is 2.06 bits per heavy atom. The van der Waals surface area contributed by atoms with Gasteiger partial charge in [-0.25, -0.2) is 0 Å². The van der Waals surface area contributed by atoms with E-state index in [4.69, 9.17) is 5.11 Å². The molecular formula is C12H11N3O3. The summed E-state index contributed by atoms with van der Waals surface area (Å²) >= 11 is 0. The quantitative estimate of drug-likeness (QED) is 0.711. The van der Waals surface area contributed by atoms with Crippen LogP contribution in [0, 0.1) is 5.41 Å². The summed E-state index contributed by atoms with van der Waals surface area (Å²) < 4.78 is 0. The highest BCUT2D eigenvalue weighted by Crippen LogP contribution is 2.46. The Bertz CT molecular complexity index is 643. The maximum Gasteiger partial charge on any atom is 0.319 e. The Labute approximate surface area is 102 Å². The van der Waals surface area contributed by atoms with Crippen molar-refractivity contribution in [2.45, 2.75) is 12.8 Å². The number of carboxylic acid groups (broad SMARTS) is 1. The van der Waals surface area contributed by atoms with Crippen molar-refractivity contribution in [3.63, 3.8) is 0 Å². The topological polar surface area (TPSA) is 95.1 Å². The predicted octanol–water partition coefficient (Wildman–Crippen LogP) is 1.37. The lowest BCUT2D eigenvalue weighted by Crippen LogP contribution is -2.31. The molecule has 1 aliphatic rings. The van der Waals surface area contributed by atoms with Crippen molar-refractivity contribution in [1.82, 2.24) is 10.2 Å². The molecule has 1 amide bonds. The summed E-state index contributed by atoms with van der Waals surface area (Å²) in [6.45, 7) is 0. The molecule has 1 saturated carbocycles. The summed E-state index contributed by atoms with van der Waals surface area (Å²) in [5.74, 6) is -1.18. The largest absolute Gasteiger partial charge is 0.480 e. The highest BCUT2D eigenvalue weighted by atomic mass is 16.4. The number of carboxylic acids is 1. The lowest BCUT2D eigenvalue weighted by atomic mass is 10.1. The minimum Gasteiger partial charge on any atom is -0.480 e. The highest BCUT2D eigenvalue weighted by Gasteiger charge is 2.57. The number of aliphatic carboxylic acids is 1. The second-order valence-corrected chi connectivity index (χ2v) is 4.46. The molecular weight excluding hydrogens is 234 g/mol. The number of fused-ring (bicyclic) bond motifs is 1. The number of hydrogen-bond acceptors (Lipinski definition) is 3. The van der Waals surface area contributed by atoms with Crippen LogP contribution in [0.15, 0.2) is 24.3 Å². The smallest absolute Gasteiger partial charge is 0.319 e. The van der Waals surface area contributed by atoms with E-state index in [-0.39, 0.29) is 0 Å². The number of rotatable bonds is 3. The van der Waals surface area contributed by atoms with Gasteiger partial charge in [-0.05, 0) is 25.0 Å². The van der Waals surface area contributed by atoms with E-state index in [2.05, 4.69) is 15.5 Å². The monoisotopic (exact) mass is 245 g/mol. The molecule has 3 rings (SSSR count). The maximum atomic E-state index is 11.9. The number of para-hydroxylation sites is 1. The van der Waals surface area contributed by atoms with Crippen molar-refractivity contribution in [1.29, 1.82) is 0 Å². The molecule has 0 atom stereocenters. The van der Waals surface area contributed by atoms with Gasteiger partial charge in [-0.15, -0.1) is 0 Å². The molecule has 2 aromatic rings. The summed E-state index contributed by atoms with van der Waals surface area (Å²) in [4.78, 5) is 23.0. The average molecular weight is 245 g/mol. The Morgan fingerprint density at radius 1 is 1.33 bits per heavy atom. The molecule has 18 heavy (non-hydrogen) atoms. The number of nitrogens with zero attached hydrogens (tertiary/aromatic N) is 1. The number of carbonyl (C=O) groups is 2. The minimum absolute atomic E-state index is 0.378. The van der Waals surface area contributed by atoms with Gasteiger partial charge in [0.2, 0.25) is 5.91 Å². The zero-order valence-corrected chi connectivity index (χ0v) is 9.43. The molecule has 6 heteroatoms. The first-order valence-corrected chi connectivity index (χ1v) is 5.61. The lowest BCUT2D eigenvalue weighted by Gasteiger charge is -2.08. The van der Waals surface area contributed by atoms with Crippen LogP contribution in [0.5, 0.6) is 0 Å². The number of benzene rings is 1. The second kappa shape index (κ2) is 3.56. The summed E-state index contributed by atoms with van der Waals surface area (Å²) in [5.41, 5.74) is -0.451. The van der Waals surface area contributed by atoms with E-state index in [9.17, 15) is 9.59 Å². The lowest BCUT2D eigenvalue weighted by molar-refractivity contribution is -0.147. The van der Waals surface area contributed by atoms with Crippen LogP contribution in [0.2, 0.25) is 0 Å². The van der Waals surface area contributed by atoms with Gasteiger partial charge in [-0.1, -0.05) is 12.1 Å². The Balaban J connectivity index is 1.89. The minimum atomic E-state index is -1.25. The van der Waals surface area contributed by atoms with Gasteiger partial charge < -0.3 is 10.4 Å². The average Bonchev–Trinajstić information content (AvgIpc) is 3.09. The Morgan fingerprint density at radius 3 is 2.72 bits per heavy atom. The molecule has 3 N–H and O–H groups in total. The van der Waals surface area contributed by atoms with Crippen LogP contribution in [0.1, 0.15) is 12.8 Å². The number of carbonyl (C=O) groups excluding carboxylic acids is 1. The molecule has 0 unspecified atom stereocenters. The number of anilines is 1. The normalized spacial score (nSPS) is 16.4. The molecule has 0 radical (unpaired) electrons. The molecule has 0 bridgehead atoms. The fourth-order valence-corrected chi connectivity index (χ4v) is 1.95. The van der Waals surface area contributed by atoms with E-state index < -0.39 is 17.3 Å². The first kappa shape index (κ1) is 10.8. The molecule has 0 saturated heterocycles. The van der Waals surface area contributed by atoms with Crippen LogP contribution >= 0.6 is 0 Å². The molecule has 92 valence electrons. The van der Waals surface area contributed by atoms with E-state index >= 15 is 0 Å². The first-order valence-electron chi connectivity index (χ1n) is 5.61. The summed E-state index contributed by atoms with van der Waals surface area (Å²) in [5, 5.41) is 19.2. The van der Waals surface area contributed by atoms with E-state index in [1.807, 2.05) is 24.3 Å². The van der Waals surface area contributed by atoms with Gasteiger partial charge in [0.25, 0.3) is 0 Å². The van der Waals surface area contributed by atoms with Gasteiger partial charge in [0.1, 0.15) is 5.41 Å². The number of H-pyrrole nitrogens is 1. The van der Waals surface area contributed by atoms with Crippen LogP contribution in [0.4, 0.5) is 5.82 Å². The van der Waals surface area contributed by atoms with Crippen molar-refractivity contribution in [3.05, 3.63) is 24.3 Å². The van der Waals surface area contributed by atoms with Crippen LogP contribution in [0.25, 0.3) is 10.9 Å². The fourth-order valence-electron chi connectivity index (χ4n) is 1.95. The molecule has 1 heterocycles. The van der Waals surface area contributed by atoms with Gasteiger partial charge in [-0.2, -0.15) is 5.10 Å². The van der Waals surface area contributed by atoms with Crippen LogP contribution in [0.3, 0.4) is 0 Å². The van der Waals surface area contributed by atoms with Crippen molar-refractivity contribution < 1.29 is 14.7 Å². The van der Waals surface area contributed by atoms with E-state index in [1.54, 1.807) is 0 Å². The van der Waals surface area contributed by atoms with Gasteiger partial charge >= 0.3 is 5.97 Å². The van der Waals surface area contributed by atoms with Gasteiger partial charge in [0.05, 0.1) is 5.52 Å². The molecule has 1 fully saturated rings. The SMILES string of the molecule is O=C(O)C1(C(=O)Nc2n[nH]c3ccccc23)CC1. The summed E-state index contributed by atoms with van der Waals surface area (Å²) in [7, 11) is 0.